The number of amides is 1. The molecule has 1 saturated heterocycles. The monoisotopic (exact) mass is 360 g/mol. The van der Waals surface area contributed by atoms with Gasteiger partial charge in [-0.25, -0.2) is 0 Å². The third-order valence-electron chi connectivity index (χ3n) is 3.69. The van der Waals surface area contributed by atoms with Crippen molar-refractivity contribution in [1.29, 1.82) is 0 Å². The average molecular weight is 361 g/mol. The summed E-state index contributed by atoms with van der Waals surface area (Å²) in [7, 11) is 1.69. The molecular formula is C16H13BrN2OS. The van der Waals surface area contributed by atoms with Crippen LogP contribution in [0.1, 0.15) is 11.1 Å². The molecular weight excluding hydrogens is 348 g/mol. The van der Waals surface area contributed by atoms with Gasteiger partial charge in [-0.1, -0.05) is 58.4 Å². The minimum absolute atomic E-state index is 0.0724. The fourth-order valence-electron chi connectivity index (χ4n) is 2.61. The first-order valence-corrected chi connectivity index (χ1v) is 7.67. The number of benzene rings is 2. The SMILES string of the molecule is CN1C(=O)C(c2ccccc2)(c2cccc(Br)c2)NC1=S. The predicted molar refractivity (Wildman–Crippen MR) is 89.9 cm³/mol. The van der Waals surface area contributed by atoms with E-state index in [9.17, 15) is 4.79 Å². The van der Waals surface area contributed by atoms with Gasteiger partial charge in [0.25, 0.3) is 5.91 Å². The fourth-order valence-corrected chi connectivity index (χ4v) is 3.24. The lowest BCUT2D eigenvalue weighted by Crippen LogP contribution is -2.44. The Bertz CT molecular complexity index is 719. The number of thiocarbonyl (C=S) groups is 1. The van der Waals surface area contributed by atoms with E-state index in [0.717, 1.165) is 15.6 Å². The van der Waals surface area contributed by atoms with Crippen LogP contribution in [0.3, 0.4) is 0 Å². The summed E-state index contributed by atoms with van der Waals surface area (Å²) in [6, 6.07) is 17.4. The Balaban J connectivity index is 2.27. The lowest BCUT2D eigenvalue weighted by molar-refractivity contribution is -0.129. The highest BCUT2D eigenvalue weighted by atomic mass is 79.9. The minimum Gasteiger partial charge on any atom is -0.341 e. The number of hydrogen-bond acceptors (Lipinski definition) is 2. The lowest BCUT2D eigenvalue weighted by Gasteiger charge is -2.28. The van der Waals surface area contributed by atoms with E-state index in [4.69, 9.17) is 12.2 Å². The molecule has 106 valence electrons. The second-order valence-corrected chi connectivity index (χ2v) is 6.22. The standard InChI is InChI=1S/C16H13BrN2OS/c1-19-14(20)16(18-15(19)21,11-6-3-2-4-7-11)12-8-5-9-13(17)10-12/h2-10H,1H3,(H,18,21). The summed E-state index contributed by atoms with van der Waals surface area (Å²) in [5.74, 6) is -0.0724. The van der Waals surface area contributed by atoms with Crippen LogP contribution in [0.25, 0.3) is 0 Å². The van der Waals surface area contributed by atoms with E-state index >= 15 is 0 Å². The van der Waals surface area contributed by atoms with Crippen LogP contribution < -0.4 is 5.32 Å². The number of halogens is 1. The Kier molecular flexibility index (Phi) is 3.55. The van der Waals surface area contributed by atoms with Gasteiger partial charge in [-0.3, -0.25) is 9.69 Å². The van der Waals surface area contributed by atoms with Crippen LogP contribution in [0.15, 0.2) is 59.1 Å². The lowest BCUT2D eigenvalue weighted by atomic mass is 9.83. The van der Waals surface area contributed by atoms with E-state index in [1.165, 1.54) is 4.90 Å². The predicted octanol–water partition coefficient (Wildman–Crippen LogP) is 3.04. The van der Waals surface area contributed by atoms with E-state index in [-0.39, 0.29) is 5.91 Å². The maximum Gasteiger partial charge on any atom is 0.263 e. The van der Waals surface area contributed by atoms with E-state index < -0.39 is 5.54 Å². The Morgan fingerprint density at radius 2 is 1.76 bits per heavy atom. The molecule has 1 unspecified atom stereocenters. The summed E-state index contributed by atoms with van der Waals surface area (Å²) in [4.78, 5) is 14.4. The molecule has 21 heavy (non-hydrogen) atoms. The molecule has 2 aromatic carbocycles. The van der Waals surface area contributed by atoms with Crippen LogP contribution in [-0.4, -0.2) is 23.0 Å². The molecule has 3 nitrogen and oxygen atoms in total. The number of carbonyl (C=O) groups excluding carboxylic acids is 1. The average Bonchev–Trinajstić information content (AvgIpc) is 2.73. The van der Waals surface area contributed by atoms with Gasteiger partial charge >= 0.3 is 0 Å². The Morgan fingerprint density at radius 1 is 1.10 bits per heavy atom. The fraction of sp³-hybridized carbons (Fsp3) is 0.125. The number of nitrogens with one attached hydrogen (secondary N) is 1. The molecule has 2 aromatic rings. The number of hydrogen-bond donors (Lipinski definition) is 1. The van der Waals surface area contributed by atoms with Gasteiger partial charge in [0.2, 0.25) is 0 Å². The first kappa shape index (κ1) is 14.2. The summed E-state index contributed by atoms with van der Waals surface area (Å²) in [5, 5.41) is 3.65. The Morgan fingerprint density at radius 3 is 2.33 bits per heavy atom. The largest absolute Gasteiger partial charge is 0.341 e. The van der Waals surface area contributed by atoms with Gasteiger partial charge in [0, 0.05) is 11.5 Å². The zero-order valence-corrected chi connectivity index (χ0v) is 13.7. The van der Waals surface area contributed by atoms with Crippen LogP contribution >= 0.6 is 28.1 Å². The first-order valence-electron chi connectivity index (χ1n) is 6.47. The number of rotatable bonds is 2. The molecule has 0 radical (unpaired) electrons. The van der Waals surface area contributed by atoms with Gasteiger partial charge in [-0.05, 0) is 35.5 Å². The van der Waals surface area contributed by atoms with Gasteiger partial charge < -0.3 is 5.32 Å². The van der Waals surface area contributed by atoms with Crippen molar-refractivity contribution in [2.24, 2.45) is 0 Å². The van der Waals surface area contributed by atoms with Crippen molar-refractivity contribution in [3.05, 3.63) is 70.2 Å². The van der Waals surface area contributed by atoms with Gasteiger partial charge in [-0.15, -0.1) is 0 Å². The second-order valence-electron chi connectivity index (χ2n) is 4.92. The second kappa shape index (κ2) is 5.24. The Labute approximate surface area is 137 Å². The molecule has 0 saturated carbocycles. The van der Waals surface area contributed by atoms with Gasteiger partial charge in [-0.2, -0.15) is 0 Å². The smallest absolute Gasteiger partial charge is 0.263 e. The number of likely N-dealkylation sites (N-methyl/N-ethyl adjacent to an activating group) is 1. The third-order valence-corrected chi connectivity index (χ3v) is 4.56. The molecule has 0 spiro atoms. The molecule has 1 N–H and O–H groups in total. The summed E-state index contributed by atoms with van der Waals surface area (Å²) in [5.41, 5.74) is 0.774. The molecule has 1 fully saturated rings. The van der Waals surface area contributed by atoms with Crippen molar-refractivity contribution in [1.82, 2.24) is 10.2 Å². The molecule has 0 aliphatic carbocycles. The molecule has 1 heterocycles. The van der Waals surface area contributed by atoms with Crippen LogP contribution in [-0.2, 0) is 10.3 Å². The van der Waals surface area contributed by atoms with Crippen molar-refractivity contribution >= 4 is 39.2 Å². The van der Waals surface area contributed by atoms with Crippen LogP contribution in [0, 0.1) is 0 Å². The summed E-state index contributed by atoms with van der Waals surface area (Å²) < 4.78 is 0.922. The van der Waals surface area contributed by atoms with Gasteiger partial charge in [0.15, 0.2) is 10.7 Å². The molecule has 0 bridgehead atoms. The van der Waals surface area contributed by atoms with E-state index in [0.29, 0.717) is 5.11 Å². The normalized spacial score (nSPS) is 21.5. The van der Waals surface area contributed by atoms with Crippen LogP contribution in [0.4, 0.5) is 0 Å². The summed E-state index contributed by atoms with van der Waals surface area (Å²) >= 11 is 8.75. The third kappa shape index (κ3) is 2.17. The first-order chi connectivity index (χ1) is 10.1. The zero-order valence-electron chi connectivity index (χ0n) is 11.3. The molecule has 1 amide bonds. The maximum absolute atomic E-state index is 12.9. The number of nitrogens with zero attached hydrogens (tertiary/aromatic N) is 1. The molecule has 5 heteroatoms. The maximum atomic E-state index is 12.9. The van der Waals surface area contributed by atoms with E-state index in [1.54, 1.807) is 7.05 Å². The van der Waals surface area contributed by atoms with Gasteiger partial charge in [0.05, 0.1) is 0 Å². The summed E-state index contributed by atoms with van der Waals surface area (Å²) in [6.07, 6.45) is 0. The minimum atomic E-state index is -0.961. The topological polar surface area (TPSA) is 32.3 Å². The summed E-state index contributed by atoms with van der Waals surface area (Å²) in [6.45, 7) is 0. The van der Waals surface area contributed by atoms with E-state index in [2.05, 4.69) is 21.2 Å². The Hall–Kier alpha value is -1.72. The van der Waals surface area contributed by atoms with Gasteiger partial charge in [0.1, 0.15) is 0 Å². The molecule has 1 aliphatic rings. The van der Waals surface area contributed by atoms with Crippen molar-refractivity contribution < 1.29 is 4.79 Å². The van der Waals surface area contributed by atoms with Crippen molar-refractivity contribution in [3.63, 3.8) is 0 Å². The molecule has 3 rings (SSSR count). The van der Waals surface area contributed by atoms with Crippen molar-refractivity contribution in [2.75, 3.05) is 7.05 Å². The van der Waals surface area contributed by atoms with E-state index in [1.807, 2.05) is 54.6 Å². The zero-order chi connectivity index (χ0) is 15.0. The molecule has 1 aliphatic heterocycles. The quantitative estimate of drug-likeness (QED) is 0.835. The number of carbonyl (C=O) groups is 1. The highest BCUT2D eigenvalue weighted by Crippen LogP contribution is 2.36. The molecule has 0 aromatic heterocycles. The van der Waals surface area contributed by atoms with Crippen LogP contribution in [0.5, 0.6) is 0 Å². The van der Waals surface area contributed by atoms with Crippen LogP contribution in [0.2, 0.25) is 0 Å². The van der Waals surface area contributed by atoms with Crippen molar-refractivity contribution in [3.8, 4) is 0 Å². The highest BCUT2D eigenvalue weighted by Gasteiger charge is 2.50. The van der Waals surface area contributed by atoms with Crippen molar-refractivity contribution in [2.45, 2.75) is 5.54 Å². The highest BCUT2D eigenvalue weighted by molar-refractivity contribution is 9.10. The molecule has 1 atom stereocenters.